The lowest BCUT2D eigenvalue weighted by Gasteiger charge is -2.04. The van der Waals surface area contributed by atoms with Crippen LogP contribution in [0.3, 0.4) is 0 Å². The van der Waals surface area contributed by atoms with Gasteiger partial charge in [-0.05, 0) is 62.1 Å². The molecule has 1 amide bonds. The number of carbonyl (C=O) groups excluding carboxylic acids is 1. The van der Waals surface area contributed by atoms with Gasteiger partial charge in [-0.25, -0.2) is 4.39 Å². The standard InChI is InChI=1S/C17H14Br2FN3O/c18-13-5-4-11(9-14(13)19)12-10-17(12,20)7-2-1-3-16(24)22-15-6-8-21-23-15/h1-9,12H,10H2,(H2,21,22,23,24)/b3-1+,7-2+. The van der Waals surface area contributed by atoms with Crippen molar-refractivity contribution >= 4 is 43.6 Å². The average molecular weight is 455 g/mol. The molecule has 1 aliphatic carbocycles. The zero-order valence-corrected chi connectivity index (χ0v) is 15.6. The van der Waals surface area contributed by atoms with E-state index in [1.165, 1.54) is 18.2 Å². The number of alkyl halides is 1. The van der Waals surface area contributed by atoms with E-state index in [-0.39, 0.29) is 11.8 Å². The molecule has 0 aliphatic heterocycles. The highest BCUT2D eigenvalue weighted by Gasteiger charge is 2.54. The highest BCUT2D eigenvalue weighted by Crippen LogP contribution is 2.56. The Morgan fingerprint density at radius 2 is 2.17 bits per heavy atom. The molecular formula is C17H14Br2FN3O. The van der Waals surface area contributed by atoms with Gasteiger partial charge in [-0.3, -0.25) is 9.89 Å². The number of aromatic amines is 1. The lowest BCUT2D eigenvalue weighted by atomic mass is 10.1. The molecule has 1 fully saturated rings. The van der Waals surface area contributed by atoms with Crippen molar-refractivity contribution in [1.82, 2.24) is 10.2 Å². The third-order valence-electron chi connectivity index (χ3n) is 3.77. The number of anilines is 1. The Kier molecular flexibility index (Phi) is 5.01. The van der Waals surface area contributed by atoms with E-state index < -0.39 is 5.67 Å². The van der Waals surface area contributed by atoms with Crippen molar-refractivity contribution in [3.63, 3.8) is 0 Å². The molecular weight excluding hydrogens is 441 g/mol. The molecule has 0 bridgehead atoms. The monoisotopic (exact) mass is 453 g/mol. The zero-order chi connectivity index (χ0) is 17.2. The number of allylic oxidation sites excluding steroid dienone is 3. The molecule has 1 aliphatic rings. The van der Waals surface area contributed by atoms with Gasteiger partial charge in [0.15, 0.2) is 0 Å². The Balaban J connectivity index is 1.56. The Labute approximate surface area is 155 Å². The molecule has 124 valence electrons. The number of rotatable bonds is 5. The van der Waals surface area contributed by atoms with E-state index in [1.54, 1.807) is 18.3 Å². The molecule has 24 heavy (non-hydrogen) atoms. The van der Waals surface area contributed by atoms with Crippen molar-refractivity contribution < 1.29 is 9.18 Å². The minimum atomic E-state index is -1.35. The highest BCUT2D eigenvalue weighted by molar-refractivity contribution is 9.13. The Bertz CT molecular complexity index is 804. The molecule has 3 rings (SSSR count). The van der Waals surface area contributed by atoms with Crippen LogP contribution < -0.4 is 5.32 Å². The van der Waals surface area contributed by atoms with Crippen molar-refractivity contribution in [3.8, 4) is 0 Å². The van der Waals surface area contributed by atoms with Gasteiger partial charge in [0.25, 0.3) is 0 Å². The molecule has 0 spiro atoms. The Morgan fingerprint density at radius 3 is 2.88 bits per heavy atom. The van der Waals surface area contributed by atoms with Gasteiger partial charge in [-0.1, -0.05) is 18.2 Å². The summed E-state index contributed by atoms with van der Waals surface area (Å²) in [6, 6.07) is 7.39. The predicted octanol–water partition coefficient (Wildman–Crippen LogP) is 4.88. The molecule has 4 nitrogen and oxygen atoms in total. The van der Waals surface area contributed by atoms with Gasteiger partial charge in [-0.15, -0.1) is 0 Å². The maximum atomic E-state index is 14.7. The van der Waals surface area contributed by atoms with Crippen LogP contribution in [0.2, 0.25) is 0 Å². The summed E-state index contributed by atoms with van der Waals surface area (Å²) >= 11 is 6.84. The van der Waals surface area contributed by atoms with E-state index >= 15 is 0 Å². The lowest BCUT2D eigenvalue weighted by Crippen LogP contribution is -2.07. The number of hydrogen-bond acceptors (Lipinski definition) is 2. The van der Waals surface area contributed by atoms with Crippen LogP contribution in [0.15, 0.2) is 63.7 Å². The second kappa shape index (κ2) is 7.03. The molecule has 2 atom stereocenters. The first-order chi connectivity index (χ1) is 11.5. The van der Waals surface area contributed by atoms with Crippen molar-refractivity contribution in [2.45, 2.75) is 18.0 Å². The van der Waals surface area contributed by atoms with Crippen molar-refractivity contribution in [3.05, 3.63) is 69.3 Å². The summed E-state index contributed by atoms with van der Waals surface area (Å²) in [6.07, 6.45) is 7.94. The number of H-pyrrole nitrogens is 1. The maximum Gasteiger partial charge on any atom is 0.249 e. The number of carbonyl (C=O) groups is 1. The van der Waals surface area contributed by atoms with Gasteiger partial charge in [0, 0.05) is 27.0 Å². The number of halogens is 3. The van der Waals surface area contributed by atoms with E-state index in [4.69, 9.17) is 0 Å². The summed E-state index contributed by atoms with van der Waals surface area (Å²) in [5, 5.41) is 8.95. The van der Waals surface area contributed by atoms with E-state index in [9.17, 15) is 9.18 Å². The molecule has 1 saturated carbocycles. The second-order valence-electron chi connectivity index (χ2n) is 5.53. The zero-order valence-electron chi connectivity index (χ0n) is 12.5. The highest BCUT2D eigenvalue weighted by atomic mass is 79.9. The molecule has 2 aromatic rings. The quantitative estimate of drug-likeness (QED) is 0.499. The minimum absolute atomic E-state index is 0.148. The summed E-state index contributed by atoms with van der Waals surface area (Å²) in [5.74, 6) is 0.0602. The van der Waals surface area contributed by atoms with Crippen LogP contribution >= 0.6 is 31.9 Å². The number of nitrogens with zero attached hydrogens (tertiary/aromatic N) is 1. The molecule has 1 heterocycles. The van der Waals surface area contributed by atoms with Gasteiger partial charge >= 0.3 is 0 Å². The van der Waals surface area contributed by atoms with Crippen LogP contribution in [0, 0.1) is 0 Å². The lowest BCUT2D eigenvalue weighted by molar-refractivity contribution is -0.111. The molecule has 1 aromatic heterocycles. The fraction of sp³-hybridized carbons (Fsp3) is 0.176. The summed E-state index contributed by atoms with van der Waals surface area (Å²) in [5.41, 5.74) is -0.393. The van der Waals surface area contributed by atoms with Crippen molar-refractivity contribution in [2.75, 3.05) is 5.32 Å². The number of aromatic nitrogens is 2. The Hall–Kier alpha value is -1.73. The van der Waals surface area contributed by atoms with Crippen LogP contribution in [-0.4, -0.2) is 21.8 Å². The van der Waals surface area contributed by atoms with Crippen LogP contribution in [0.25, 0.3) is 0 Å². The van der Waals surface area contributed by atoms with Gasteiger partial charge in [-0.2, -0.15) is 5.10 Å². The first-order valence-electron chi connectivity index (χ1n) is 7.28. The first kappa shape index (κ1) is 17.1. The molecule has 0 radical (unpaired) electrons. The smallest absolute Gasteiger partial charge is 0.249 e. The largest absolute Gasteiger partial charge is 0.307 e. The summed E-state index contributed by atoms with van der Waals surface area (Å²) in [4.78, 5) is 11.6. The van der Waals surface area contributed by atoms with Gasteiger partial charge in [0.05, 0.1) is 6.20 Å². The van der Waals surface area contributed by atoms with E-state index in [0.29, 0.717) is 12.2 Å². The van der Waals surface area contributed by atoms with E-state index in [1.807, 2.05) is 18.2 Å². The molecule has 1 aromatic carbocycles. The van der Waals surface area contributed by atoms with Gasteiger partial charge < -0.3 is 5.32 Å². The van der Waals surface area contributed by atoms with Crippen LogP contribution in [0.1, 0.15) is 17.9 Å². The third kappa shape index (κ3) is 4.02. The van der Waals surface area contributed by atoms with Crippen LogP contribution in [0.5, 0.6) is 0 Å². The van der Waals surface area contributed by atoms with Gasteiger partial charge in [0.1, 0.15) is 11.5 Å². The third-order valence-corrected chi connectivity index (χ3v) is 5.65. The fourth-order valence-corrected chi connectivity index (χ4v) is 3.06. The summed E-state index contributed by atoms with van der Waals surface area (Å²) in [6.45, 7) is 0. The molecule has 7 heteroatoms. The van der Waals surface area contributed by atoms with Crippen molar-refractivity contribution in [1.29, 1.82) is 0 Å². The Morgan fingerprint density at radius 1 is 1.33 bits per heavy atom. The fourth-order valence-electron chi connectivity index (χ4n) is 2.42. The van der Waals surface area contributed by atoms with Crippen LogP contribution in [-0.2, 0) is 4.79 Å². The normalized spacial score (nSPS) is 23.0. The molecule has 2 N–H and O–H groups in total. The van der Waals surface area contributed by atoms with E-state index in [2.05, 4.69) is 47.4 Å². The van der Waals surface area contributed by atoms with E-state index in [0.717, 1.165) is 14.5 Å². The number of benzene rings is 1. The van der Waals surface area contributed by atoms with Gasteiger partial charge in [0.2, 0.25) is 5.91 Å². The molecule has 2 unspecified atom stereocenters. The molecule has 0 saturated heterocycles. The predicted molar refractivity (Wildman–Crippen MR) is 98.5 cm³/mol. The number of hydrogen-bond donors (Lipinski definition) is 2. The average Bonchev–Trinajstić information content (AvgIpc) is 2.95. The summed E-state index contributed by atoms with van der Waals surface area (Å²) in [7, 11) is 0. The number of amides is 1. The van der Waals surface area contributed by atoms with Crippen LogP contribution in [0.4, 0.5) is 10.2 Å². The second-order valence-corrected chi connectivity index (χ2v) is 7.24. The topological polar surface area (TPSA) is 57.8 Å². The first-order valence-corrected chi connectivity index (χ1v) is 8.87. The minimum Gasteiger partial charge on any atom is -0.307 e. The van der Waals surface area contributed by atoms with Crippen molar-refractivity contribution in [2.24, 2.45) is 0 Å². The summed E-state index contributed by atoms with van der Waals surface area (Å²) < 4.78 is 16.5. The maximum absolute atomic E-state index is 14.7. The SMILES string of the molecule is O=C(/C=C/C=C/C1(F)CC1c1ccc(Br)c(Br)c1)Nc1ccn[nH]1. The number of nitrogens with one attached hydrogen (secondary N) is 2.